The fraction of sp³-hybridized carbons (Fsp3) is 0.550. The maximum absolute atomic E-state index is 13.1. The second-order valence-corrected chi connectivity index (χ2v) is 7.49. The molecule has 27 heavy (non-hydrogen) atoms. The third kappa shape index (κ3) is 4.71. The van der Waals surface area contributed by atoms with Crippen LogP contribution in [-0.4, -0.2) is 34.1 Å². The Balaban J connectivity index is 1.57. The van der Waals surface area contributed by atoms with Crippen LogP contribution in [-0.2, 0) is 0 Å². The van der Waals surface area contributed by atoms with Crippen LogP contribution in [0.1, 0.15) is 56.4 Å². The Bertz CT molecular complexity index is 739. The molecule has 0 aromatic carbocycles. The number of pyridine rings is 1. The smallest absolute Gasteiger partial charge is 0.230 e. The zero-order valence-electron chi connectivity index (χ0n) is 15.5. The molecule has 0 amide bonds. The van der Waals surface area contributed by atoms with Crippen LogP contribution in [0, 0.1) is 5.82 Å². The number of nitrogens with zero attached hydrogens (tertiary/aromatic N) is 3. The Morgan fingerprint density at radius 2 is 1.78 bits per heavy atom. The van der Waals surface area contributed by atoms with E-state index in [2.05, 4.69) is 25.9 Å². The summed E-state index contributed by atoms with van der Waals surface area (Å²) in [7, 11) is 0. The molecule has 1 saturated heterocycles. The minimum Gasteiger partial charge on any atom is -0.367 e. The van der Waals surface area contributed by atoms with Crippen LogP contribution in [0.2, 0.25) is 0 Å². The standard InChI is InChI=1S/C20H27FN6/c21-15-6-7-18(23-12-15)26-20-24-13-17(14-8-10-22-11-9-14)19(27-20)25-16-4-2-1-3-5-16/h6-7,12-14,16,22H,1-5,8-11H2,(H2,23,24,25,26,27). The van der Waals surface area contributed by atoms with Crippen LogP contribution >= 0.6 is 0 Å². The molecule has 3 heterocycles. The highest BCUT2D eigenvalue weighted by atomic mass is 19.1. The van der Waals surface area contributed by atoms with Gasteiger partial charge in [-0.3, -0.25) is 0 Å². The topological polar surface area (TPSA) is 74.8 Å². The van der Waals surface area contributed by atoms with E-state index >= 15 is 0 Å². The molecule has 4 rings (SSSR count). The fourth-order valence-electron chi connectivity index (χ4n) is 4.00. The average molecular weight is 370 g/mol. The minimum atomic E-state index is -0.359. The number of aromatic nitrogens is 3. The molecule has 3 N–H and O–H groups in total. The van der Waals surface area contributed by atoms with Crippen LogP contribution < -0.4 is 16.0 Å². The molecule has 1 aliphatic heterocycles. The van der Waals surface area contributed by atoms with E-state index in [0.717, 1.165) is 31.7 Å². The quantitative estimate of drug-likeness (QED) is 0.740. The molecule has 2 aromatic heterocycles. The van der Waals surface area contributed by atoms with Crippen LogP contribution in [0.5, 0.6) is 0 Å². The highest BCUT2D eigenvalue weighted by molar-refractivity contribution is 5.54. The molecule has 144 valence electrons. The van der Waals surface area contributed by atoms with Gasteiger partial charge in [0.15, 0.2) is 0 Å². The van der Waals surface area contributed by atoms with Gasteiger partial charge in [0.2, 0.25) is 5.95 Å². The Hall–Kier alpha value is -2.28. The fourth-order valence-corrected chi connectivity index (χ4v) is 4.00. The molecule has 0 radical (unpaired) electrons. The first-order chi connectivity index (χ1) is 13.3. The molecule has 0 unspecified atom stereocenters. The first-order valence-corrected chi connectivity index (χ1v) is 10.0. The Labute approximate surface area is 159 Å². The van der Waals surface area contributed by atoms with Gasteiger partial charge in [0.1, 0.15) is 17.5 Å². The lowest BCUT2D eigenvalue weighted by Crippen LogP contribution is -2.29. The molecule has 7 heteroatoms. The molecule has 1 aliphatic carbocycles. The van der Waals surface area contributed by atoms with Crippen LogP contribution in [0.4, 0.5) is 22.0 Å². The van der Waals surface area contributed by atoms with Crippen LogP contribution in [0.3, 0.4) is 0 Å². The number of anilines is 3. The molecule has 2 fully saturated rings. The Kier molecular flexibility index (Phi) is 5.77. The van der Waals surface area contributed by atoms with Gasteiger partial charge in [0.05, 0.1) is 6.20 Å². The van der Waals surface area contributed by atoms with E-state index in [4.69, 9.17) is 4.98 Å². The summed E-state index contributed by atoms with van der Waals surface area (Å²) < 4.78 is 13.1. The predicted octanol–water partition coefficient (Wildman–Crippen LogP) is 3.97. The molecule has 1 saturated carbocycles. The summed E-state index contributed by atoms with van der Waals surface area (Å²) in [4.78, 5) is 13.3. The summed E-state index contributed by atoms with van der Waals surface area (Å²) in [6.07, 6.45) is 11.6. The molecule has 0 spiro atoms. The molecular weight excluding hydrogens is 343 g/mol. The van der Waals surface area contributed by atoms with Crippen molar-refractivity contribution in [3.05, 3.63) is 35.9 Å². The zero-order valence-corrected chi connectivity index (χ0v) is 15.5. The second-order valence-electron chi connectivity index (χ2n) is 7.49. The minimum absolute atomic E-state index is 0.359. The van der Waals surface area contributed by atoms with Gasteiger partial charge in [0.25, 0.3) is 0 Å². The van der Waals surface area contributed by atoms with Crippen LogP contribution in [0.15, 0.2) is 24.5 Å². The SMILES string of the molecule is Fc1ccc(Nc2ncc(C3CCNCC3)c(NC3CCCCC3)n2)nc1. The van der Waals surface area contributed by atoms with Gasteiger partial charge in [-0.1, -0.05) is 19.3 Å². The van der Waals surface area contributed by atoms with Gasteiger partial charge in [-0.05, 0) is 56.8 Å². The van der Waals surface area contributed by atoms with E-state index < -0.39 is 0 Å². The summed E-state index contributed by atoms with van der Waals surface area (Å²) in [5.74, 6) is 2.09. The lowest BCUT2D eigenvalue weighted by molar-refractivity contribution is 0.451. The maximum atomic E-state index is 13.1. The van der Waals surface area contributed by atoms with Gasteiger partial charge in [-0.2, -0.15) is 4.98 Å². The third-order valence-corrected chi connectivity index (χ3v) is 5.51. The van der Waals surface area contributed by atoms with Crippen molar-refractivity contribution in [1.29, 1.82) is 0 Å². The van der Waals surface area contributed by atoms with Gasteiger partial charge in [0, 0.05) is 17.8 Å². The summed E-state index contributed by atoms with van der Waals surface area (Å²) in [5, 5.41) is 10.2. The number of rotatable bonds is 5. The van der Waals surface area contributed by atoms with E-state index in [1.54, 1.807) is 6.07 Å². The first kappa shape index (κ1) is 18.1. The number of halogens is 1. The van der Waals surface area contributed by atoms with E-state index in [-0.39, 0.29) is 5.82 Å². The maximum Gasteiger partial charge on any atom is 0.230 e. The summed E-state index contributed by atoms with van der Waals surface area (Å²) >= 11 is 0. The van der Waals surface area contributed by atoms with E-state index in [9.17, 15) is 4.39 Å². The highest BCUT2D eigenvalue weighted by Crippen LogP contribution is 2.32. The van der Waals surface area contributed by atoms with E-state index in [1.807, 2.05) is 6.20 Å². The van der Waals surface area contributed by atoms with Gasteiger partial charge >= 0.3 is 0 Å². The van der Waals surface area contributed by atoms with Crippen molar-refractivity contribution < 1.29 is 4.39 Å². The lowest BCUT2D eigenvalue weighted by Gasteiger charge is -2.28. The normalized spacial score (nSPS) is 19.0. The Morgan fingerprint density at radius 1 is 0.963 bits per heavy atom. The summed E-state index contributed by atoms with van der Waals surface area (Å²) in [6, 6.07) is 3.44. The first-order valence-electron chi connectivity index (χ1n) is 10.0. The van der Waals surface area contributed by atoms with Crippen molar-refractivity contribution in [2.45, 2.75) is 56.9 Å². The predicted molar refractivity (Wildman–Crippen MR) is 105 cm³/mol. The molecular formula is C20H27FN6. The van der Waals surface area contributed by atoms with Gasteiger partial charge < -0.3 is 16.0 Å². The molecule has 6 nitrogen and oxygen atoms in total. The van der Waals surface area contributed by atoms with Crippen LogP contribution in [0.25, 0.3) is 0 Å². The molecule has 0 atom stereocenters. The largest absolute Gasteiger partial charge is 0.367 e. The number of piperidine rings is 1. The van der Waals surface area contributed by atoms with Crippen molar-refractivity contribution >= 4 is 17.6 Å². The molecule has 2 aliphatic rings. The second kappa shape index (κ2) is 8.61. The number of nitrogens with one attached hydrogen (secondary N) is 3. The monoisotopic (exact) mass is 370 g/mol. The average Bonchev–Trinajstić information content (AvgIpc) is 2.71. The molecule has 0 bridgehead atoms. The summed E-state index contributed by atoms with van der Waals surface area (Å²) in [6.45, 7) is 2.07. The third-order valence-electron chi connectivity index (χ3n) is 5.51. The van der Waals surface area contributed by atoms with E-state index in [1.165, 1.54) is 49.9 Å². The Morgan fingerprint density at radius 3 is 2.52 bits per heavy atom. The van der Waals surface area contributed by atoms with Crippen molar-refractivity contribution in [3.63, 3.8) is 0 Å². The summed E-state index contributed by atoms with van der Waals surface area (Å²) in [5.41, 5.74) is 1.21. The number of hydrogen-bond acceptors (Lipinski definition) is 6. The van der Waals surface area contributed by atoms with Gasteiger partial charge in [-0.25, -0.2) is 14.4 Å². The van der Waals surface area contributed by atoms with Crippen molar-refractivity contribution in [3.8, 4) is 0 Å². The molecule has 2 aromatic rings. The van der Waals surface area contributed by atoms with Crippen molar-refractivity contribution in [1.82, 2.24) is 20.3 Å². The van der Waals surface area contributed by atoms with Crippen molar-refractivity contribution in [2.75, 3.05) is 23.7 Å². The van der Waals surface area contributed by atoms with Crippen molar-refractivity contribution in [2.24, 2.45) is 0 Å². The highest BCUT2D eigenvalue weighted by Gasteiger charge is 2.22. The zero-order chi connectivity index (χ0) is 18.5. The van der Waals surface area contributed by atoms with E-state index in [0.29, 0.717) is 23.7 Å². The van der Waals surface area contributed by atoms with Gasteiger partial charge in [-0.15, -0.1) is 0 Å². The lowest BCUT2D eigenvalue weighted by atomic mass is 9.90. The number of hydrogen-bond donors (Lipinski definition) is 3.